The molecule has 164 valence electrons. The van der Waals surface area contributed by atoms with Crippen molar-refractivity contribution in [1.82, 2.24) is 25.0 Å². The summed E-state index contributed by atoms with van der Waals surface area (Å²) >= 11 is 0. The minimum atomic E-state index is 0.0826. The van der Waals surface area contributed by atoms with Crippen molar-refractivity contribution in [3.8, 4) is 11.3 Å². The molecule has 0 aliphatic carbocycles. The van der Waals surface area contributed by atoms with Crippen LogP contribution in [0.3, 0.4) is 0 Å². The Kier molecular flexibility index (Phi) is 6.40. The number of hydrogen-bond acceptors (Lipinski definition) is 5. The Morgan fingerprint density at radius 1 is 1.03 bits per heavy atom. The predicted molar refractivity (Wildman–Crippen MR) is 127 cm³/mol. The van der Waals surface area contributed by atoms with Gasteiger partial charge in [-0.25, -0.2) is 0 Å². The molecule has 0 radical (unpaired) electrons. The summed E-state index contributed by atoms with van der Waals surface area (Å²) in [6, 6.07) is 11.8. The number of hydrogen-bond donors (Lipinski definition) is 0. The topological polar surface area (TPSA) is 73.6 Å². The lowest BCUT2D eigenvalue weighted by molar-refractivity contribution is 0.0982. The van der Waals surface area contributed by atoms with Crippen molar-refractivity contribution in [3.05, 3.63) is 71.3 Å². The zero-order valence-corrected chi connectivity index (χ0v) is 19.2. The molecule has 0 atom stereocenters. The fraction of sp³-hybridized carbons (Fsp3) is 0.346. The van der Waals surface area contributed by atoms with E-state index in [4.69, 9.17) is 0 Å². The van der Waals surface area contributed by atoms with Crippen molar-refractivity contribution in [2.75, 3.05) is 0 Å². The summed E-state index contributed by atoms with van der Waals surface area (Å²) in [7, 11) is 0. The van der Waals surface area contributed by atoms with Gasteiger partial charge in [0.25, 0.3) is 0 Å². The summed E-state index contributed by atoms with van der Waals surface area (Å²) in [5.74, 6) is 0.659. The summed E-state index contributed by atoms with van der Waals surface area (Å²) in [4.78, 5) is 17.8. The number of carbonyl (C=O) groups is 1. The van der Waals surface area contributed by atoms with E-state index < -0.39 is 0 Å². The number of nitrogens with zero attached hydrogens (tertiary/aromatic N) is 5. The first-order valence-electron chi connectivity index (χ1n) is 11.2. The van der Waals surface area contributed by atoms with E-state index in [1.807, 2.05) is 67.3 Å². The number of aryl methyl sites for hydroxylation is 4. The summed E-state index contributed by atoms with van der Waals surface area (Å²) in [6.45, 7) is 9.15. The monoisotopic (exact) mass is 427 g/mol. The molecule has 0 fully saturated rings. The Morgan fingerprint density at radius 2 is 1.88 bits per heavy atom. The molecule has 6 nitrogen and oxygen atoms in total. The Hall–Kier alpha value is -3.41. The highest BCUT2D eigenvalue weighted by atomic mass is 16.1. The molecule has 0 aliphatic heterocycles. The molecule has 0 N–H and O–H groups in total. The third-order valence-corrected chi connectivity index (χ3v) is 5.65. The van der Waals surface area contributed by atoms with Crippen molar-refractivity contribution in [2.24, 2.45) is 5.92 Å². The highest BCUT2D eigenvalue weighted by Crippen LogP contribution is 2.30. The number of ketones is 1. The number of carbonyl (C=O) groups excluding carboxylic acids is 1. The summed E-state index contributed by atoms with van der Waals surface area (Å²) < 4.78 is 2.01. The van der Waals surface area contributed by atoms with Gasteiger partial charge in [-0.3, -0.25) is 14.5 Å². The summed E-state index contributed by atoms with van der Waals surface area (Å²) in [5, 5.41) is 13.9. The van der Waals surface area contributed by atoms with Gasteiger partial charge < -0.3 is 0 Å². The van der Waals surface area contributed by atoms with E-state index in [1.165, 1.54) is 0 Å². The third kappa shape index (κ3) is 4.90. The minimum Gasteiger partial charge on any atom is -0.294 e. The maximum absolute atomic E-state index is 13.2. The van der Waals surface area contributed by atoms with Crippen LogP contribution in [0.4, 0.5) is 0 Å². The lowest BCUT2D eigenvalue weighted by atomic mass is 9.98. The molecule has 0 amide bonds. The highest BCUT2D eigenvalue weighted by Gasteiger charge is 2.16. The Labute approximate surface area is 188 Å². The van der Waals surface area contributed by atoms with E-state index in [0.717, 1.165) is 52.1 Å². The first kappa shape index (κ1) is 21.8. The van der Waals surface area contributed by atoms with E-state index in [-0.39, 0.29) is 5.78 Å². The van der Waals surface area contributed by atoms with Gasteiger partial charge in [0.05, 0.1) is 28.8 Å². The molecule has 0 saturated carbocycles. The quantitative estimate of drug-likeness (QED) is 0.354. The second-order valence-electron chi connectivity index (χ2n) is 8.82. The van der Waals surface area contributed by atoms with Crippen LogP contribution in [0.15, 0.2) is 48.8 Å². The highest BCUT2D eigenvalue weighted by molar-refractivity contribution is 6.04. The second kappa shape index (κ2) is 9.39. The van der Waals surface area contributed by atoms with Crippen LogP contribution in [0.25, 0.3) is 22.2 Å². The molecular formula is C26H29N5O. The lowest BCUT2D eigenvalue weighted by Crippen LogP contribution is -2.06. The molecule has 6 heteroatoms. The zero-order valence-electron chi connectivity index (χ0n) is 19.2. The van der Waals surface area contributed by atoms with Crippen LogP contribution in [-0.4, -0.2) is 30.7 Å². The van der Waals surface area contributed by atoms with Crippen LogP contribution in [-0.2, 0) is 13.0 Å². The van der Waals surface area contributed by atoms with E-state index in [9.17, 15) is 4.79 Å². The summed E-state index contributed by atoms with van der Waals surface area (Å²) in [6.07, 6.45) is 5.72. The number of pyridine rings is 1. The molecule has 3 heterocycles. The van der Waals surface area contributed by atoms with Crippen LogP contribution >= 0.6 is 0 Å². The molecule has 0 bridgehead atoms. The minimum absolute atomic E-state index is 0.0826. The van der Waals surface area contributed by atoms with Crippen molar-refractivity contribution in [2.45, 2.75) is 53.5 Å². The fourth-order valence-electron chi connectivity index (χ4n) is 3.68. The lowest BCUT2D eigenvalue weighted by Gasteiger charge is -2.10. The van der Waals surface area contributed by atoms with Gasteiger partial charge in [0.1, 0.15) is 0 Å². The SMILES string of the molecule is Cc1ccc(-c2cc(C(=O)CCc3ccc(C)nn3)cc3c2cnn3CCC(C)C)nc1. The summed E-state index contributed by atoms with van der Waals surface area (Å²) in [5.41, 5.74) is 6.25. The molecule has 0 saturated heterocycles. The Morgan fingerprint density at radius 3 is 2.56 bits per heavy atom. The largest absolute Gasteiger partial charge is 0.294 e. The number of rotatable bonds is 8. The molecule has 0 spiro atoms. The van der Waals surface area contributed by atoms with Gasteiger partial charge in [-0.1, -0.05) is 19.9 Å². The Bertz CT molecular complexity index is 1220. The molecule has 32 heavy (non-hydrogen) atoms. The molecule has 4 rings (SSSR count). The van der Waals surface area contributed by atoms with E-state index >= 15 is 0 Å². The molecule has 0 aliphatic rings. The smallest absolute Gasteiger partial charge is 0.163 e. The average molecular weight is 428 g/mol. The molecule has 4 aromatic rings. The average Bonchev–Trinajstić information content (AvgIpc) is 3.20. The van der Waals surface area contributed by atoms with E-state index in [0.29, 0.717) is 24.3 Å². The molecule has 1 aromatic carbocycles. The van der Waals surface area contributed by atoms with Crippen LogP contribution in [0.5, 0.6) is 0 Å². The maximum Gasteiger partial charge on any atom is 0.163 e. The Balaban J connectivity index is 1.70. The van der Waals surface area contributed by atoms with E-state index in [2.05, 4.69) is 34.1 Å². The van der Waals surface area contributed by atoms with Crippen molar-refractivity contribution < 1.29 is 4.79 Å². The van der Waals surface area contributed by atoms with Crippen LogP contribution in [0.1, 0.15) is 54.0 Å². The van der Waals surface area contributed by atoms with E-state index in [1.54, 1.807) is 0 Å². The number of aromatic nitrogens is 5. The normalized spacial score (nSPS) is 11.4. The standard InChI is InChI=1S/C26H29N5O/c1-17(2)11-12-31-25-14-20(26(32)10-8-21-7-6-19(4)29-30-21)13-22(23(25)16-28-31)24-9-5-18(3)15-27-24/h5-7,9,13-17H,8,10-12H2,1-4H3. The first-order chi connectivity index (χ1) is 15.4. The maximum atomic E-state index is 13.2. The van der Waals surface area contributed by atoms with Crippen LogP contribution < -0.4 is 0 Å². The molecule has 0 unspecified atom stereocenters. The van der Waals surface area contributed by atoms with Gasteiger partial charge in [-0.2, -0.15) is 15.3 Å². The first-order valence-corrected chi connectivity index (χ1v) is 11.2. The van der Waals surface area contributed by atoms with Crippen molar-refractivity contribution in [1.29, 1.82) is 0 Å². The molecule has 3 aromatic heterocycles. The van der Waals surface area contributed by atoms with Gasteiger partial charge in [-0.15, -0.1) is 0 Å². The van der Waals surface area contributed by atoms with Gasteiger partial charge in [0.2, 0.25) is 0 Å². The van der Waals surface area contributed by atoms with Crippen molar-refractivity contribution in [3.63, 3.8) is 0 Å². The van der Waals surface area contributed by atoms with Gasteiger partial charge in [0, 0.05) is 35.7 Å². The van der Waals surface area contributed by atoms with Gasteiger partial charge in [0.15, 0.2) is 5.78 Å². The van der Waals surface area contributed by atoms with Crippen molar-refractivity contribution >= 4 is 16.7 Å². The number of benzene rings is 1. The molecular weight excluding hydrogens is 398 g/mol. The number of fused-ring (bicyclic) bond motifs is 1. The third-order valence-electron chi connectivity index (χ3n) is 5.65. The number of Topliss-reactive ketones (excluding diaryl/α,β-unsaturated/α-hetero) is 1. The zero-order chi connectivity index (χ0) is 22.7. The van der Waals surface area contributed by atoms with Gasteiger partial charge >= 0.3 is 0 Å². The van der Waals surface area contributed by atoms with Crippen LogP contribution in [0.2, 0.25) is 0 Å². The van der Waals surface area contributed by atoms with Crippen LogP contribution in [0, 0.1) is 19.8 Å². The predicted octanol–water partition coefficient (Wildman–Crippen LogP) is 5.37. The fourth-order valence-corrected chi connectivity index (χ4v) is 3.68. The second-order valence-corrected chi connectivity index (χ2v) is 8.82. The van der Waals surface area contributed by atoms with Gasteiger partial charge in [-0.05, 0) is 68.5 Å².